The number of carbonyl (C=O) groups excluding carboxylic acids is 1. The quantitative estimate of drug-likeness (QED) is 0.639. The molecule has 0 aliphatic heterocycles. The highest BCUT2D eigenvalue weighted by atomic mass is 32.1. The molecule has 60 valence electrons. The molecule has 0 saturated carbocycles. The first-order valence-electron chi connectivity index (χ1n) is 2.85. The minimum absolute atomic E-state index is 0.321. The van der Waals surface area contributed by atoms with Crippen LogP contribution in [0.3, 0.4) is 0 Å². The highest BCUT2D eigenvalue weighted by Gasteiger charge is 2.10. The van der Waals surface area contributed by atoms with Gasteiger partial charge in [-0.3, -0.25) is 4.79 Å². The molecule has 1 aromatic heterocycles. The van der Waals surface area contributed by atoms with Crippen LogP contribution in [0.4, 0.5) is 0 Å². The normalized spacial score (nSPS) is 9.27. The minimum Gasteiger partial charge on any atom is -0.480 e. The number of aldehydes is 1. The molecular weight excluding hydrogens is 166 g/mol. The third-order valence-corrected chi connectivity index (χ3v) is 2.00. The van der Waals surface area contributed by atoms with Crippen molar-refractivity contribution in [1.29, 1.82) is 0 Å². The molecule has 1 rings (SSSR count). The third-order valence-electron chi connectivity index (χ3n) is 1.08. The van der Waals surface area contributed by atoms with Crippen LogP contribution in [0.1, 0.15) is 9.67 Å². The Morgan fingerprint density at radius 1 is 1.45 bits per heavy atom. The van der Waals surface area contributed by atoms with Gasteiger partial charge in [0.25, 0.3) is 5.19 Å². The first kappa shape index (κ1) is 8.00. The van der Waals surface area contributed by atoms with Crippen LogP contribution in [0.25, 0.3) is 0 Å². The first-order valence-corrected chi connectivity index (χ1v) is 3.67. The van der Waals surface area contributed by atoms with E-state index in [2.05, 4.69) is 4.98 Å². The van der Waals surface area contributed by atoms with E-state index in [1.807, 2.05) is 0 Å². The molecule has 0 N–H and O–H groups in total. The van der Waals surface area contributed by atoms with Gasteiger partial charge in [0.05, 0.1) is 14.2 Å². The zero-order valence-corrected chi connectivity index (χ0v) is 6.97. The van der Waals surface area contributed by atoms with Gasteiger partial charge < -0.3 is 9.47 Å². The molecule has 0 saturated heterocycles. The average Bonchev–Trinajstić information content (AvgIpc) is 2.46. The van der Waals surface area contributed by atoms with Crippen LogP contribution in [-0.2, 0) is 0 Å². The monoisotopic (exact) mass is 173 g/mol. The lowest BCUT2D eigenvalue weighted by Crippen LogP contribution is -1.86. The van der Waals surface area contributed by atoms with E-state index >= 15 is 0 Å². The van der Waals surface area contributed by atoms with E-state index < -0.39 is 0 Å². The summed E-state index contributed by atoms with van der Waals surface area (Å²) in [4.78, 5) is 14.7. The Morgan fingerprint density at radius 2 is 2.18 bits per heavy atom. The Labute approximate surface area is 67.8 Å². The Balaban J connectivity index is 3.01. The van der Waals surface area contributed by atoms with Crippen molar-refractivity contribution in [1.82, 2.24) is 4.98 Å². The smallest absolute Gasteiger partial charge is 0.277 e. The summed E-state index contributed by atoms with van der Waals surface area (Å²) in [5.74, 6) is 0.321. The maximum Gasteiger partial charge on any atom is 0.277 e. The maximum absolute atomic E-state index is 10.4. The Bertz CT molecular complexity index is 258. The molecule has 4 nitrogen and oxygen atoms in total. The number of aromatic nitrogens is 1. The van der Waals surface area contributed by atoms with Gasteiger partial charge in [-0.05, 0) is 0 Å². The fraction of sp³-hybridized carbons (Fsp3) is 0.333. The summed E-state index contributed by atoms with van der Waals surface area (Å²) in [6.45, 7) is 0. The van der Waals surface area contributed by atoms with Gasteiger partial charge in [-0.15, -0.1) is 0 Å². The van der Waals surface area contributed by atoms with Crippen molar-refractivity contribution >= 4 is 17.6 Å². The second-order valence-corrected chi connectivity index (χ2v) is 2.67. The summed E-state index contributed by atoms with van der Waals surface area (Å²) in [6, 6.07) is 0. The van der Waals surface area contributed by atoms with E-state index in [1.54, 1.807) is 0 Å². The molecule has 0 aromatic carbocycles. The second-order valence-electron chi connectivity index (χ2n) is 1.68. The fourth-order valence-corrected chi connectivity index (χ4v) is 1.27. The van der Waals surface area contributed by atoms with Gasteiger partial charge in [0.2, 0.25) is 5.88 Å². The topological polar surface area (TPSA) is 48.4 Å². The lowest BCUT2D eigenvalue weighted by molar-refractivity contribution is 0.112. The third kappa shape index (κ3) is 1.48. The first-order chi connectivity index (χ1) is 5.31. The molecule has 1 aromatic rings. The molecule has 0 fully saturated rings. The molecule has 0 radical (unpaired) electrons. The number of carbonyl (C=O) groups is 1. The van der Waals surface area contributed by atoms with E-state index in [9.17, 15) is 4.79 Å². The molecule has 11 heavy (non-hydrogen) atoms. The molecule has 0 spiro atoms. The van der Waals surface area contributed by atoms with E-state index in [4.69, 9.17) is 9.47 Å². The fourth-order valence-electron chi connectivity index (χ4n) is 0.607. The highest BCUT2D eigenvalue weighted by Crippen LogP contribution is 2.28. The maximum atomic E-state index is 10.4. The SMILES string of the molecule is COc1nc(OC)c(C=O)s1. The van der Waals surface area contributed by atoms with Crippen LogP contribution >= 0.6 is 11.3 Å². The summed E-state index contributed by atoms with van der Waals surface area (Å²) in [7, 11) is 2.95. The van der Waals surface area contributed by atoms with Gasteiger partial charge >= 0.3 is 0 Å². The van der Waals surface area contributed by atoms with E-state index in [0.717, 1.165) is 11.3 Å². The number of rotatable bonds is 3. The van der Waals surface area contributed by atoms with Crippen LogP contribution in [0, 0.1) is 0 Å². The summed E-state index contributed by atoms with van der Waals surface area (Å²) >= 11 is 1.16. The van der Waals surface area contributed by atoms with Crippen molar-refractivity contribution < 1.29 is 14.3 Å². The van der Waals surface area contributed by atoms with Crippen molar-refractivity contribution in [3.8, 4) is 11.1 Å². The van der Waals surface area contributed by atoms with Crippen LogP contribution in [0.5, 0.6) is 11.1 Å². The van der Waals surface area contributed by atoms with Gasteiger partial charge in [-0.1, -0.05) is 11.3 Å². The number of hydrogen-bond acceptors (Lipinski definition) is 5. The molecule has 0 aliphatic carbocycles. The van der Waals surface area contributed by atoms with Crippen molar-refractivity contribution in [2.75, 3.05) is 14.2 Å². The largest absolute Gasteiger partial charge is 0.480 e. The van der Waals surface area contributed by atoms with Crippen molar-refractivity contribution in [2.24, 2.45) is 0 Å². The van der Waals surface area contributed by atoms with Gasteiger partial charge in [0.15, 0.2) is 6.29 Å². The van der Waals surface area contributed by atoms with Crippen molar-refractivity contribution in [3.05, 3.63) is 4.88 Å². The highest BCUT2D eigenvalue weighted by molar-refractivity contribution is 7.15. The van der Waals surface area contributed by atoms with E-state index in [-0.39, 0.29) is 0 Å². The average molecular weight is 173 g/mol. The van der Waals surface area contributed by atoms with Gasteiger partial charge in [0.1, 0.15) is 4.88 Å². The Hall–Kier alpha value is -1.10. The summed E-state index contributed by atoms with van der Waals surface area (Å²) in [6.07, 6.45) is 0.693. The van der Waals surface area contributed by atoms with E-state index in [1.165, 1.54) is 14.2 Å². The lowest BCUT2D eigenvalue weighted by Gasteiger charge is -1.90. The number of ether oxygens (including phenoxy) is 2. The molecule has 0 atom stereocenters. The molecule has 1 heterocycles. The molecule has 0 amide bonds. The predicted molar refractivity (Wildman–Crippen MR) is 40.6 cm³/mol. The van der Waals surface area contributed by atoms with Crippen LogP contribution in [0.2, 0.25) is 0 Å². The Morgan fingerprint density at radius 3 is 2.55 bits per heavy atom. The molecule has 0 aliphatic rings. The summed E-state index contributed by atoms with van der Waals surface area (Å²) in [5.41, 5.74) is 0. The molecular formula is C6H7NO3S. The van der Waals surface area contributed by atoms with Gasteiger partial charge in [-0.25, -0.2) is 0 Å². The molecule has 0 unspecified atom stereocenters. The summed E-state index contributed by atoms with van der Waals surface area (Å²) < 4.78 is 9.61. The zero-order valence-electron chi connectivity index (χ0n) is 6.16. The standard InChI is InChI=1S/C6H7NO3S/c1-9-5-4(3-8)11-6(7-5)10-2/h3H,1-2H3. The Kier molecular flexibility index (Phi) is 2.43. The van der Waals surface area contributed by atoms with Gasteiger partial charge in [0, 0.05) is 0 Å². The molecule has 5 heteroatoms. The number of methoxy groups -OCH3 is 2. The lowest BCUT2D eigenvalue weighted by atomic mass is 10.6. The summed E-state index contributed by atoms with van der Waals surface area (Å²) in [5, 5.41) is 0.434. The predicted octanol–water partition coefficient (Wildman–Crippen LogP) is 0.973. The number of hydrogen-bond donors (Lipinski definition) is 0. The van der Waals surface area contributed by atoms with Crippen LogP contribution in [0.15, 0.2) is 0 Å². The number of thiazole rings is 1. The van der Waals surface area contributed by atoms with Crippen molar-refractivity contribution in [3.63, 3.8) is 0 Å². The van der Waals surface area contributed by atoms with E-state index in [0.29, 0.717) is 22.2 Å². The zero-order chi connectivity index (χ0) is 8.27. The molecule has 0 bridgehead atoms. The second kappa shape index (κ2) is 3.34. The number of nitrogens with zero attached hydrogens (tertiary/aromatic N) is 1. The van der Waals surface area contributed by atoms with Crippen LogP contribution in [-0.4, -0.2) is 25.5 Å². The van der Waals surface area contributed by atoms with Gasteiger partial charge in [-0.2, -0.15) is 4.98 Å². The van der Waals surface area contributed by atoms with Crippen LogP contribution < -0.4 is 9.47 Å². The van der Waals surface area contributed by atoms with Crippen molar-refractivity contribution in [2.45, 2.75) is 0 Å². The minimum atomic E-state index is 0.321.